The number of aromatic nitrogens is 1. The summed E-state index contributed by atoms with van der Waals surface area (Å²) in [4.78, 5) is 28.3. The second kappa shape index (κ2) is 6.65. The minimum Gasteiger partial charge on any atom is -0.481 e. The molecule has 3 rings (SSSR count). The third kappa shape index (κ3) is 3.14. The van der Waals surface area contributed by atoms with Crippen LogP contribution in [0.5, 0.6) is 0 Å². The minimum atomic E-state index is -0.827. The largest absolute Gasteiger partial charge is 0.481 e. The van der Waals surface area contributed by atoms with Crippen molar-refractivity contribution in [1.82, 2.24) is 14.2 Å². The second-order valence-corrected chi connectivity index (χ2v) is 6.65. The zero-order valence-electron chi connectivity index (χ0n) is 14.1. The van der Waals surface area contributed by atoms with Gasteiger partial charge in [0.15, 0.2) is 0 Å². The number of carbonyl (C=O) groups excluding carboxylic acids is 1. The van der Waals surface area contributed by atoms with Crippen LogP contribution in [0, 0.1) is 5.92 Å². The first kappa shape index (κ1) is 16.5. The summed E-state index contributed by atoms with van der Waals surface area (Å²) < 4.78 is 1.85. The molecule has 1 amide bonds. The van der Waals surface area contributed by atoms with Gasteiger partial charge in [0.2, 0.25) is 0 Å². The van der Waals surface area contributed by atoms with Gasteiger partial charge in [-0.05, 0) is 51.2 Å². The molecule has 0 aliphatic carbocycles. The van der Waals surface area contributed by atoms with Crippen LogP contribution >= 0.6 is 0 Å². The Bertz CT molecular complexity index is 753. The zero-order chi connectivity index (χ0) is 17.3. The maximum absolute atomic E-state index is 13.1. The Kier molecular flexibility index (Phi) is 4.57. The molecule has 2 aromatic heterocycles. The number of hydrogen-bond donors (Lipinski definition) is 1. The van der Waals surface area contributed by atoms with Crippen molar-refractivity contribution in [1.29, 1.82) is 0 Å². The average Bonchev–Trinajstić information content (AvgIpc) is 2.84. The van der Waals surface area contributed by atoms with Gasteiger partial charge in [-0.1, -0.05) is 6.07 Å². The van der Waals surface area contributed by atoms with Gasteiger partial charge in [-0.3, -0.25) is 9.59 Å². The van der Waals surface area contributed by atoms with Crippen molar-refractivity contribution in [2.75, 3.05) is 27.2 Å². The van der Waals surface area contributed by atoms with Gasteiger partial charge in [0, 0.05) is 30.8 Å². The Morgan fingerprint density at radius 3 is 2.62 bits per heavy atom. The molecule has 128 valence electrons. The lowest BCUT2D eigenvalue weighted by Gasteiger charge is -2.28. The van der Waals surface area contributed by atoms with Gasteiger partial charge in [0.05, 0.1) is 5.92 Å². The third-order valence-electron chi connectivity index (χ3n) is 4.87. The van der Waals surface area contributed by atoms with Gasteiger partial charge in [-0.15, -0.1) is 0 Å². The van der Waals surface area contributed by atoms with E-state index in [4.69, 9.17) is 0 Å². The van der Waals surface area contributed by atoms with E-state index >= 15 is 0 Å². The molecule has 0 unspecified atom stereocenters. The molecule has 0 saturated carbocycles. The summed E-state index contributed by atoms with van der Waals surface area (Å²) in [5.74, 6) is -1.45. The predicted octanol–water partition coefficient (Wildman–Crippen LogP) is 1.81. The number of hydrogen-bond acceptors (Lipinski definition) is 3. The second-order valence-electron chi connectivity index (χ2n) is 6.65. The topological polar surface area (TPSA) is 65.3 Å². The van der Waals surface area contributed by atoms with Gasteiger partial charge in [-0.25, -0.2) is 0 Å². The molecule has 3 heterocycles. The number of likely N-dealkylation sites (N-methyl/N-ethyl adjacent to an activating group) is 1. The van der Waals surface area contributed by atoms with Gasteiger partial charge < -0.3 is 19.3 Å². The van der Waals surface area contributed by atoms with Gasteiger partial charge in [0.25, 0.3) is 5.91 Å². The van der Waals surface area contributed by atoms with Crippen molar-refractivity contribution in [3.8, 4) is 0 Å². The quantitative estimate of drug-likeness (QED) is 0.933. The average molecular weight is 329 g/mol. The van der Waals surface area contributed by atoms with Crippen LogP contribution in [0.25, 0.3) is 5.52 Å². The first-order valence-electron chi connectivity index (χ1n) is 8.22. The van der Waals surface area contributed by atoms with Crippen molar-refractivity contribution >= 4 is 17.4 Å². The normalized spacial score (nSPS) is 21.9. The summed E-state index contributed by atoms with van der Waals surface area (Å²) >= 11 is 0. The summed E-state index contributed by atoms with van der Waals surface area (Å²) in [6.07, 6.45) is 3.23. The van der Waals surface area contributed by atoms with Crippen LogP contribution in [0.15, 0.2) is 36.5 Å². The highest BCUT2D eigenvalue weighted by molar-refractivity contribution is 5.94. The molecule has 2 atom stereocenters. The van der Waals surface area contributed by atoms with E-state index in [-0.39, 0.29) is 18.5 Å². The van der Waals surface area contributed by atoms with Crippen LogP contribution in [-0.4, -0.2) is 64.4 Å². The zero-order valence-corrected chi connectivity index (χ0v) is 14.1. The Balaban J connectivity index is 1.91. The molecule has 0 bridgehead atoms. The predicted molar refractivity (Wildman–Crippen MR) is 91.1 cm³/mol. The van der Waals surface area contributed by atoms with Crippen LogP contribution in [0.3, 0.4) is 0 Å². The number of fused-ring (bicyclic) bond motifs is 1. The van der Waals surface area contributed by atoms with Crippen molar-refractivity contribution in [3.63, 3.8) is 0 Å². The highest BCUT2D eigenvalue weighted by atomic mass is 16.4. The summed E-state index contributed by atoms with van der Waals surface area (Å²) in [6.45, 7) is 0.814. The van der Waals surface area contributed by atoms with Crippen LogP contribution in [-0.2, 0) is 4.79 Å². The summed E-state index contributed by atoms with van der Waals surface area (Å²) in [5, 5.41) is 9.43. The Labute approximate surface area is 141 Å². The number of carboxylic acid groups (broad SMARTS) is 1. The first-order chi connectivity index (χ1) is 11.5. The fourth-order valence-electron chi connectivity index (χ4n) is 3.35. The standard InChI is InChI=1S/C18H23N3O3/c1-19(2)15-7-6-13(18(23)24)11-20(12-15)17(22)16-9-8-14-5-3-4-10-21(14)16/h3-5,8-10,13,15H,6-7,11-12H2,1-2H3,(H,23,24)/t13-,15+/m0/s1. The lowest BCUT2D eigenvalue weighted by Crippen LogP contribution is -2.43. The van der Waals surface area contributed by atoms with Crippen LogP contribution in [0.1, 0.15) is 23.3 Å². The number of rotatable bonds is 3. The Morgan fingerprint density at radius 1 is 1.12 bits per heavy atom. The van der Waals surface area contributed by atoms with Crippen LogP contribution in [0.2, 0.25) is 0 Å². The molecule has 0 radical (unpaired) electrons. The Hall–Kier alpha value is -2.34. The molecule has 0 aromatic carbocycles. The number of carbonyl (C=O) groups is 2. The molecule has 1 aliphatic rings. The fourth-order valence-corrected chi connectivity index (χ4v) is 3.35. The summed E-state index contributed by atoms with van der Waals surface area (Å²) in [7, 11) is 3.95. The molecule has 1 fully saturated rings. The van der Waals surface area contributed by atoms with Crippen molar-refractivity contribution in [3.05, 3.63) is 42.2 Å². The molecule has 1 saturated heterocycles. The molecule has 24 heavy (non-hydrogen) atoms. The van der Waals surface area contributed by atoms with Crippen molar-refractivity contribution < 1.29 is 14.7 Å². The van der Waals surface area contributed by atoms with Crippen LogP contribution < -0.4 is 0 Å². The maximum atomic E-state index is 13.1. The molecule has 1 N–H and O–H groups in total. The van der Waals surface area contributed by atoms with E-state index in [0.717, 1.165) is 11.9 Å². The summed E-state index contributed by atoms with van der Waals surface area (Å²) in [6, 6.07) is 9.64. The third-order valence-corrected chi connectivity index (χ3v) is 4.87. The minimum absolute atomic E-state index is 0.110. The monoisotopic (exact) mass is 329 g/mol. The molecule has 6 heteroatoms. The molecular weight excluding hydrogens is 306 g/mol. The summed E-state index contributed by atoms with van der Waals surface area (Å²) in [5.41, 5.74) is 1.53. The fraction of sp³-hybridized carbons (Fsp3) is 0.444. The van der Waals surface area contributed by atoms with Gasteiger partial charge in [0.1, 0.15) is 5.69 Å². The maximum Gasteiger partial charge on any atom is 0.308 e. The number of nitrogens with zero attached hydrogens (tertiary/aromatic N) is 3. The number of aliphatic carboxylic acids is 1. The number of carboxylic acids is 1. The lowest BCUT2D eigenvalue weighted by atomic mass is 10.0. The molecule has 2 aromatic rings. The van der Waals surface area contributed by atoms with E-state index in [1.165, 1.54) is 0 Å². The van der Waals surface area contributed by atoms with E-state index in [1.54, 1.807) is 4.90 Å². The molecule has 6 nitrogen and oxygen atoms in total. The van der Waals surface area contributed by atoms with Crippen molar-refractivity contribution in [2.24, 2.45) is 5.92 Å². The first-order valence-corrected chi connectivity index (χ1v) is 8.22. The van der Waals surface area contributed by atoms with E-state index in [1.807, 2.05) is 55.0 Å². The highest BCUT2D eigenvalue weighted by Gasteiger charge is 2.32. The molecule has 0 spiro atoms. The molecular formula is C18H23N3O3. The Morgan fingerprint density at radius 2 is 1.92 bits per heavy atom. The van der Waals surface area contributed by atoms with Crippen LogP contribution in [0.4, 0.5) is 0 Å². The number of likely N-dealkylation sites (tertiary alicyclic amines) is 1. The number of pyridine rings is 1. The number of amides is 1. The van der Waals surface area contributed by atoms with E-state index in [0.29, 0.717) is 18.7 Å². The SMILES string of the molecule is CN(C)[C@@H]1CC[C@H](C(=O)O)CN(C(=O)c2ccc3ccccn23)C1. The lowest BCUT2D eigenvalue weighted by molar-refractivity contribution is -0.142. The highest BCUT2D eigenvalue weighted by Crippen LogP contribution is 2.22. The molecule has 1 aliphatic heterocycles. The van der Waals surface area contributed by atoms with Gasteiger partial charge in [-0.2, -0.15) is 0 Å². The van der Waals surface area contributed by atoms with Crippen molar-refractivity contribution in [2.45, 2.75) is 18.9 Å². The smallest absolute Gasteiger partial charge is 0.308 e. The van der Waals surface area contributed by atoms with E-state index in [2.05, 4.69) is 4.90 Å². The van der Waals surface area contributed by atoms with E-state index in [9.17, 15) is 14.7 Å². The van der Waals surface area contributed by atoms with E-state index < -0.39 is 11.9 Å². The van der Waals surface area contributed by atoms with Gasteiger partial charge >= 0.3 is 5.97 Å².